The lowest BCUT2D eigenvalue weighted by atomic mass is 9.90. The van der Waals surface area contributed by atoms with E-state index in [4.69, 9.17) is 5.73 Å². The fourth-order valence-electron chi connectivity index (χ4n) is 3.55. The lowest BCUT2D eigenvalue weighted by molar-refractivity contribution is 0.0623. The lowest BCUT2D eigenvalue weighted by Gasteiger charge is -2.35. The molecule has 0 spiro atoms. The van der Waals surface area contributed by atoms with Crippen molar-refractivity contribution in [1.82, 2.24) is 4.90 Å². The van der Waals surface area contributed by atoms with Gasteiger partial charge in [0.15, 0.2) is 0 Å². The number of benzene rings is 1. The van der Waals surface area contributed by atoms with Crippen LogP contribution in [0.5, 0.6) is 0 Å². The highest BCUT2D eigenvalue weighted by molar-refractivity contribution is 5.94. The van der Waals surface area contributed by atoms with Crippen molar-refractivity contribution in [1.29, 1.82) is 0 Å². The molecular formula is C17H24N2O. The summed E-state index contributed by atoms with van der Waals surface area (Å²) in [6.45, 7) is 1.44. The summed E-state index contributed by atoms with van der Waals surface area (Å²) in [5.41, 5.74) is 9.49. The van der Waals surface area contributed by atoms with E-state index in [0.29, 0.717) is 6.54 Å². The standard InChI is InChI=1S/C17H24N2O/c18-12-16-7-3-4-10-19(16)17(20)15-9-8-13-5-1-2-6-14(13)11-15/h8-9,11,16H,1-7,10,12,18H2. The van der Waals surface area contributed by atoms with E-state index in [1.54, 1.807) is 0 Å². The smallest absolute Gasteiger partial charge is 0.254 e. The van der Waals surface area contributed by atoms with Gasteiger partial charge in [-0.2, -0.15) is 0 Å². The second kappa shape index (κ2) is 5.96. The first kappa shape index (κ1) is 13.6. The van der Waals surface area contributed by atoms with E-state index in [1.165, 1.54) is 36.8 Å². The van der Waals surface area contributed by atoms with Crippen molar-refractivity contribution in [3.05, 3.63) is 34.9 Å². The highest BCUT2D eigenvalue weighted by Crippen LogP contribution is 2.24. The van der Waals surface area contributed by atoms with Gasteiger partial charge < -0.3 is 10.6 Å². The number of piperidine rings is 1. The van der Waals surface area contributed by atoms with E-state index in [2.05, 4.69) is 12.1 Å². The van der Waals surface area contributed by atoms with Gasteiger partial charge in [-0.05, 0) is 68.2 Å². The van der Waals surface area contributed by atoms with Crippen LogP contribution < -0.4 is 5.73 Å². The zero-order valence-corrected chi connectivity index (χ0v) is 12.1. The summed E-state index contributed by atoms with van der Waals surface area (Å²) in [6.07, 6.45) is 8.16. The summed E-state index contributed by atoms with van der Waals surface area (Å²) < 4.78 is 0. The Morgan fingerprint density at radius 2 is 1.95 bits per heavy atom. The highest BCUT2D eigenvalue weighted by Gasteiger charge is 2.26. The molecule has 0 saturated carbocycles. The number of hydrogen-bond donors (Lipinski definition) is 1. The summed E-state index contributed by atoms with van der Waals surface area (Å²) in [5, 5.41) is 0. The molecule has 3 nitrogen and oxygen atoms in total. The summed E-state index contributed by atoms with van der Waals surface area (Å²) in [6, 6.07) is 6.52. The maximum absolute atomic E-state index is 12.7. The number of aryl methyl sites for hydroxylation is 2. The van der Waals surface area contributed by atoms with Crippen LogP contribution >= 0.6 is 0 Å². The van der Waals surface area contributed by atoms with Crippen LogP contribution in [0.2, 0.25) is 0 Å². The maximum Gasteiger partial charge on any atom is 0.254 e. The van der Waals surface area contributed by atoms with E-state index < -0.39 is 0 Å². The highest BCUT2D eigenvalue weighted by atomic mass is 16.2. The maximum atomic E-state index is 12.7. The average Bonchev–Trinajstić information content (AvgIpc) is 2.53. The van der Waals surface area contributed by atoms with Crippen LogP contribution in [0.1, 0.15) is 53.6 Å². The first-order chi connectivity index (χ1) is 9.79. The molecule has 1 aliphatic heterocycles. The van der Waals surface area contributed by atoms with Gasteiger partial charge in [0.2, 0.25) is 0 Å². The van der Waals surface area contributed by atoms with Crippen molar-refractivity contribution in [2.24, 2.45) is 5.73 Å². The Labute approximate surface area is 121 Å². The van der Waals surface area contributed by atoms with Crippen LogP contribution in [0.3, 0.4) is 0 Å². The van der Waals surface area contributed by atoms with E-state index in [0.717, 1.165) is 31.4 Å². The summed E-state index contributed by atoms with van der Waals surface area (Å²) >= 11 is 0. The monoisotopic (exact) mass is 272 g/mol. The lowest BCUT2D eigenvalue weighted by Crippen LogP contribution is -2.47. The molecule has 3 rings (SSSR count). The molecule has 1 aromatic carbocycles. The van der Waals surface area contributed by atoms with Gasteiger partial charge in [-0.15, -0.1) is 0 Å². The van der Waals surface area contributed by atoms with Crippen LogP contribution in [-0.2, 0) is 12.8 Å². The van der Waals surface area contributed by atoms with Crippen LogP contribution in [0.25, 0.3) is 0 Å². The molecule has 1 aliphatic carbocycles. The third kappa shape index (κ3) is 2.59. The number of rotatable bonds is 2. The number of carbonyl (C=O) groups excluding carboxylic acids is 1. The number of amides is 1. The van der Waals surface area contributed by atoms with Crippen LogP contribution in [0, 0.1) is 0 Å². The molecule has 3 heteroatoms. The fraction of sp³-hybridized carbons (Fsp3) is 0.588. The van der Waals surface area contributed by atoms with Gasteiger partial charge in [0.1, 0.15) is 0 Å². The molecule has 1 amide bonds. The normalized spacial score (nSPS) is 22.4. The number of hydrogen-bond acceptors (Lipinski definition) is 2. The Morgan fingerprint density at radius 1 is 1.15 bits per heavy atom. The third-order valence-corrected chi connectivity index (χ3v) is 4.76. The predicted molar refractivity (Wildman–Crippen MR) is 80.8 cm³/mol. The third-order valence-electron chi connectivity index (χ3n) is 4.76. The quantitative estimate of drug-likeness (QED) is 0.899. The number of nitrogens with two attached hydrogens (primary N) is 1. The van der Waals surface area contributed by atoms with E-state index in [1.807, 2.05) is 11.0 Å². The molecule has 0 bridgehead atoms. The molecule has 0 radical (unpaired) electrons. The van der Waals surface area contributed by atoms with Crippen molar-refractivity contribution in [3.8, 4) is 0 Å². The minimum Gasteiger partial charge on any atom is -0.334 e. The molecule has 1 atom stereocenters. The summed E-state index contributed by atoms with van der Waals surface area (Å²) in [5.74, 6) is 0.175. The fourth-order valence-corrected chi connectivity index (χ4v) is 3.55. The van der Waals surface area contributed by atoms with Crippen molar-refractivity contribution >= 4 is 5.91 Å². The minimum absolute atomic E-state index is 0.175. The number of carbonyl (C=O) groups is 1. The SMILES string of the molecule is NCC1CCCCN1C(=O)c1ccc2c(c1)CCCC2. The van der Waals surface area contributed by atoms with Crippen molar-refractivity contribution in [2.45, 2.75) is 51.0 Å². The van der Waals surface area contributed by atoms with Gasteiger partial charge in [-0.3, -0.25) is 4.79 Å². The molecule has 1 fully saturated rings. The van der Waals surface area contributed by atoms with E-state index in [-0.39, 0.29) is 11.9 Å². The van der Waals surface area contributed by atoms with Crippen molar-refractivity contribution in [3.63, 3.8) is 0 Å². The first-order valence-electron chi connectivity index (χ1n) is 7.92. The van der Waals surface area contributed by atoms with Crippen molar-refractivity contribution in [2.75, 3.05) is 13.1 Å². The Hall–Kier alpha value is -1.35. The Bertz CT molecular complexity index is 498. The Kier molecular flexibility index (Phi) is 4.06. The van der Waals surface area contributed by atoms with Gasteiger partial charge >= 0.3 is 0 Å². The molecule has 1 heterocycles. The largest absolute Gasteiger partial charge is 0.334 e. The molecular weight excluding hydrogens is 248 g/mol. The Morgan fingerprint density at radius 3 is 2.75 bits per heavy atom. The first-order valence-corrected chi connectivity index (χ1v) is 7.92. The molecule has 1 saturated heterocycles. The molecule has 108 valence electrons. The van der Waals surface area contributed by atoms with Crippen LogP contribution in [-0.4, -0.2) is 29.9 Å². The van der Waals surface area contributed by atoms with E-state index in [9.17, 15) is 4.79 Å². The van der Waals surface area contributed by atoms with Crippen LogP contribution in [0.4, 0.5) is 0 Å². The average molecular weight is 272 g/mol. The molecule has 20 heavy (non-hydrogen) atoms. The summed E-state index contributed by atoms with van der Waals surface area (Å²) in [7, 11) is 0. The van der Waals surface area contributed by atoms with E-state index >= 15 is 0 Å². The number of nitrogens with zero attached hydrogens (tertiary/aromatic N) is 1. The molecule has 2 aliphatic rings. The molecule has 1 aromatic rings. The van der Waals surface area contributed by atoms with Gasteiger partial charge in [0.05, 0.1) is 0 Å². The second-order valence-electron chi connectivity index (χ2n) is 6.07. The van der Waals surface area contributed by atoms with Gasteiger partial charge in [0, 0.05) is 24.7 Å². The molecule has 1 unspecified atom stereocenters. The van der Waals surface area contributed by atoms with Gasteiger partial charge in [-0.25, -0.2) is 0 Å². The number of fused-ring (bicyclic) bond motifs is 1. The van der Waals surface area contributed by atoms with Gasteiger partial charge in [0.25, 0.3) is 5.91 Å². The Balaban J connectivity index is 1.82. The minimum atomic E-state index is 0.175. The zero-order valence-electron chi connectivity index (χ0n) is 12.1. The van der Waals surface area contributed by atoms with Crippen LogP contribution in [0.15, 0.2) is 18.2 Å². The second-order valence-corrected chi connectivity index (χ2v) is 6.07. The number of likely N-dealkylation sites (tertiary alicyclic amines) is 1. The molecule has 0 aromatic heterocycles. The molecule has 2 N–H and O–H groups in total. The van der Waals surface area contributed by atoms with Crippen molar-refractivity contribution < 1.29 is 4.79 Å². The zero-order chi connectivity index (χ0) is 13.9. The summed E-state index contributed by atoms with van der Waals surface area (Å²) in [4.78, 5) is 14.7. The van der Waals surface area contributed by atoms with Gasteiger partial charge in [-0.1, -0.05) is 6.07 Å². The topological polar surface area (TPSA) is 46.3 Å². The predicted octanol–water partition coefficient (Wildman–Crippen LogP) is 2.52.